The third-order valence-electron chi connectivity index (χ3n) is 3.75. The Morgan fingerprint density at radius 1 is 1.33 bits per heavy atom. The van der Waals surface area contributed by atoms with Crippen molar-refractivity contribution >= 4 is 21.6 Å². The third kappa shape index (κ3) is 4.88. The minimum atomic E-state index is -4.03. The Balaban J connectivity index is 2.16. The van der Waals surface area contributed by atoms with Crippen LogP contribution in [-0.2, 0) is 14.8 Å². The summed E-state index contributed by atoms with van der Waals surface area (Å²) in [7, 11) is -4.03. The second-order valence-corrected chi connectivity index (χ2v) is 7.68. The zero-order valence-electron chi connectivity index (χ0n) is 13.1. The molecule has 0 bridgehead atoms. The lowest BCUT2D eigenvalue weighted by atomic mass is 10.3. The summed E-state index contributed by atoms with van der Waals surface area (Å²) >= 11 is 5.68. The molecular weight excluding hydrogens is 357 g/mol. The summed E-state index contributed by atoms with van der Waals surface area (Å²) in [5, 5.41) is 8.90. The third-order valence-corrected chi connectivity index (χ3v) is 5.92. The molecule has 0 unspecified atom stereocenters. The van der Waals surface area contributed by atoms with Gasteiger partial charge in [-0.15, -0.1) is 0 Å². The minimum absolute atomic E-state index is 0.0191. The fourth-order valence-corrected chi connectivity index (χ4v) is 4.06. The van der Waals surface area contributed by atoms with Crippen molar-refractivity contribution in [2.24, 2.45) is 0 Å². The number of halogens is 2. The van der Waals surface area contributed by atoms with E-state index >= 15 is 0 Å². The average Bonchev–Trinajstić information content (AvgIpc) is 2.55. The molecule has 0 atom stereocenters. The molecule has 1 aromatic rings. The second-order valence-electron chi connectivity index (χ2n) is 5.34. The van der Waals surface area contributed by atoms with Gasteiger partial charge in [0.25, 0.3) is 0 Å². The molecule has 0 amide bonds. The Labute approximate surface area is 146 Å². The molecule has 0 aromatic heterocycles. The minimum Gasteiger partial charge on any atom is -0.379 e. The number of hydrogen-bond acceptors (Lipinski definition) is 5. The molecule has 2 rings (SSSR count). The number of rotatable bonds is 7. The topological polar surface area (TPSA) is 73.6 Å². The van der Waals surface area contributed by atoms with Gasteiger partial charge in [0, 0.05) is 44.2 Å². The maximum atomic E-state index is 14.0. The van der Waals surface area contributed by atoms with Gasteiger partial charge in [-0.2, -0.15) is 9.57 Å². The summed E-state index contributed by atoms with van der Waals surface area (Å²) in [6.07, 6.45) is 0.0392. The quantitative estimate of drug-likeness (QED) is 0.725. The number of benzene rings is 1. The van der Waals surface area contributed by atoms with Crippen LogP contribution in [0.15, 0.2) is 23.1 Å². The summed E-state index contributed by atoms with van der Waals surface area (Å²) in [6.45, 7) is 3.37. The highest BCUT2D eigenvalue weighted by atomic mass is 35.5. The Bertz CT molecular complexity index is 702. The molecule has 6 nitrogen and oxygen atoms in total. The number of morpholine rings is 1. The molecule has 0 spiro atoms. The van der Waals surface area contributed by atoms with Crippen LogP contribution in [0, 0.1) is 17.1 Å². The molecule has 1 aromatic carbocycles. The maximum absolute atomic E-state index is 14.0. The first-order valence-electron chi connectivity index (χ1n) is 7.57. The van der Waals surface area contributed by atoms with Crippen molar-refractivity contribution < 1.29 is 17.5 Å². The zero-order chi connectivity index (χ0) is 17.6. The molecule has 132 valence electrons. The fraction of sp³-hybridized carbons (Fsp3) is 0.533. The molecule has 0 N–H and O–H groups in total. The summed E-state index contributed by atoms with van der Waals surface area (Å²) < 4.78 is 45.9. The van der Waals surface area contributed by atoms with E-state index in [-0.39, 0.29) is 24.5 Å². The lowest BCUT2D eigenvalue weighted by molar-refractivity contribution is 0.0363. The largest absolute Gasteiger partial charge is 0.379 e. The number of sulfonamides is 1. The Morgan fingerprint density at radius 3 is 2.67 bits per heavy atom. The first-order chi connectivity index (χ1) is 11.4. The highest BCUT2D eigenvalue weighted by Gasteiger charge is 2.28. The van der Waals surface area contributed by atoms with Gasteiger partial charge in [-0.05, 0) is 18.2 Å². The molecule has 0 radical (unpaired) electrons. The van der Waals surface area contributed by atoms with Crippen LogP contribution in [0.1, 0.15) is 6.42 Å². The summed E-state index contributed by atoms with van der Waals surface area (Å²) in [4.78, 5) is 1.66. The average molecular weight is 376 g/mol. The normalized spacial score (nSPS) is 16.2. The predicted molar refractivity (Wildman–Crippen MR) is 87.7 cm³/mol. The van der Waals surface area contributed by atoms with E-state index in [4.69, 9.17) is 21.6 Å². The molecule has 24 heavy (non-hydrogen) atoms. The van der Waals surface area contributed by atoms with Crippen LogP contribution < -0.4 is 0 Å². The number of nitrogens with zero attached hydrogens (tertiary/aromatic N) is 3. The smallest absolute Gasteiger partial charge is 0.246 e. The molecule has 1 fully saturated rings. The van der Waals surface area contributed by atoms with Gasteiger partial charge in [-0.1, -0.05) is 11.6 Å². The van der Waals surface area contributed by atoms with Crippen LogP contribution in [-0.4, -0.2) is 63.6 Å². The van der Waals surface area contributed by atoms with Gasteiger partial charge in [0.15, 0.2) is 0 Å². The molecular formula is C15H19ClFN3O3S. The lowest BCUT2D eigenvalue weighted by Crippen LogP contribution is -2.43. The molecule has 1 saturated heterocycles. The van der Waals surface area contributed by atoms with Gasteiger partial charge in [-0.3, -0.25) is 4.90 Å². The monoisotopic (exact) mass is 375 g/mol. The van der Waals surface area contributed by atoms with E-state index in [1.54, 1.807) is 0 Å². The van der Waals surface area contributed by atoms with Crippen LogP contribution in [0.3, 0.4) is 0 Å². The Hall–Kier alpha value is -1.24. The fourth-order valence-electron chi connectivity index (χ4n) is 2.43. The van der Waals surface area contributed by atoms with Crippen LogP contribution in [0.2, 0.25) is 5.02 Å². The van der Waals surface area contributed by atoms with E-state index in [2.05, 4.69) is 4.90 Å². The van der Waals surface area contributed by atoms with Crippen molar-refractivity contribution in [2.75, 3.05) is 45.9 Å². The predicted octanol–water partition coefficient (Wildman–Crippen LogP) is 1.72. The maximum Gasteiger partial charge on any atom is 0.246 e. The molecule has 1 heterocycles. The van der Waals surface area contributed by atoms with E-state index in [0.29, 0.717) is 19.8 Å². The zero-order valence-corrected chi connectivity index (χ0v) is 14.7. The van der Waals surface area contributed by atoms with E-state index < -0.39 is 20.7 Å². The van der Waals surface area contributed by atoms with Crippen LogP contribution in [0.25, 0.3) is 0 Å². The van der Waals surface area contributed by atoms with Crippen molar-refractivity contribution in [3.63, 3.8) is 0 Å². The SMILES string of the molecule is N#CCCN(CCN1CCOCC1)S(=O)(=O)c1ccc(Cl)cc1F. The summed E-state index contributed by atoms with van der Waals surface area (Å²) in [6, 6.07) is 5.39. The van der Waals surface area contributed by atoms with E-state index in [9.17, 15) is 12.8 Å². The summed E-state index contributed by atoms with van der Waals surface area (Å²) in [5.74, 6) is -0.893. The van der Waals surface area contributed by atoms with Crippen LogP contribution in [0.5, 0.6) is 0 Å². The van der Waals surface area contributed by atoms with Gasteiger partial charge in [0.1, 0.15) is 10.7 Å². The van der Waals surface area contributed by atoms with Crippen molar-refractivity contribution in [3.8, 4) is 6.07 Å². The second kappa shape index (κ2) is 8.74. The van der Waals surface area contributed by atoms with Crippen molar-refractivity contribution in [3.05, 3.63) is 29.0 Å². The van der Waals surface area contributed by atoms with Gasteiger partial charge < -0.3 is 4.74 Å². The Kier molecular flexibility index (Phi) is 6.95. The van der Waals surface area contributed by atoms with Crippen molar-refractivity contribution in [2.45, 2.75) is 11.3 Å². The molecule has 0 aliphatic carbocycles. The van der Waals surface area contributed by atoms with Crippen molar-refractivity contribution in [1.82, 2.24) is 9.21 Å². The van der Waals surface area contributed by atoms with Gasteiger partial charge >= 0.3 is 0 Å². The highest BCUT2D eigenvalue weighted by molar-refractivity contribution is 7.89. The van der Waals surface area contributed by atoms with Crippen molar-refractivity contribution in [1.29, 1.82) is 5.26 Å². The number of nitriles is 1. The number of ether oxygens (including phenoxy) is 1. The van der Waals surface area contributed by atoms with E-state index in [1.165, 1.54) is 6.07 Å². The first-order valence-corrected chi connectivity index (χ1v) is 9.39. The lowest BCUT2D eigenvalue weighted by Gasteiger charge is -2.29. The van der Waals surface area contributed by atoms with Crippen LogP contribution >= 0.6 is 11.6 Å². The van der Waals surface area contributed by atoms with Gasteiger partial charge in [0.05, 0.1) is 19.3 Å². The van der Waals surface area contributed by atoms with E-state index in [0.717, 1.165) is 29.5 Å². The number of hydrogen-bond donors (Lipinski definition) is 0. The molecule has 0 saturated carbocycles. The van der Waals surface area contributed by atoms with Gasteiger partial charge in [0.2, 0.25) is 10.0 Å². The molecule has 1 aliphatic heterocycles. The molecule has 1 aliphatic rings. The summed E-state index contributed by atoms with van der Waals surface area (Å²) in [5.41, 5.74) is 0. The Morgan fingerprint density at radius 2 is 2.04 bits per heavy atom. The first kappa shape index (κ1) is 19.1. The van der Waals surface area contributed by atoms with Crippen LogP contribution in [0.4, 0.5) is 4.39 Å². The standard InChI is InChI=1S/C15H19ClFN3O3S/c16-13-2-3-15(14(17)12-13)24(21,22)20(5-1-4-18)7-6-19-8-10-23-11-9-19/h2-3,12H,1,5-11H2. The highest BCUT2D eigenvalue weighted by Crippen LogP contribution is 2.22. The van der Waals surface area contributed by atoms with Gasteiger partial charge in [-0.25, -0.2) is 12.8 Å². The molecule has 9 heteroatoms. The van der Waals surface area contributed by atoms with E-state index in [1.807, 2.05) is 6.07 Å².